The molecular formula is C31H33N3O2. The minimum atomic E-state index is -0.203. The Hall–Kier alpha value is -3.86. The Labute approximate surface area is 213 Å². The lowest BCUT2D eigenvalue weighted by atomic mass is 9.95. The number of hydrogen-bond acceptors (Lipinski definition) is 3. The third-order valence-corrected chi connectivity index (χ3v) is 6.90. The Morgan fingerprint density at radius 2 is 1.67 bits per heavy atom. The molecule has 1 aromatic heterocycles. The number of ether oxygens (including phenoxy) is 1. The number of unbranched alkanes of at least 4 members (excludes halogenated alkanes) is 1. The number of hydrogen-bond donors (Lipinski definition) is 0. The average Bonchev–Trinajstić information content (AvgIpc) is 3.39. The number of nitrogens with zero attached hydrogens (tertiary/aromatic N) is 3. The maximum absolute atomic E-state index is 13.8. The molecule has 0 radical (unpaired) electrons. The van der Waals surface area contributed by atoms with Crippen molar-refractivity contribution < 1.29 is 9.53 Å². The summed E-state index contributed by atoms with van der Waals surface area (Å²) in [6.07, 6.45) is 2.93. The van der Waals surface area contributed by atoms with Gasteiger partial charge in [0.25, 0.3) is 5.91 Å². The van der Waals surface area contributed by atoms with Gasteiger partial charge in [0.1, 0.15) is 11.4 Å². The van der Waals surface area contributed by atoms with Crippen LogP contribution in [0.3, 0.4) is 0 Å². The van der Waals surface area contributed by atoms with Crippen LogP contribution in [0.15, 0.2) is 78.9 Å². The molecule has 0 fully saturated rings. The SMILES string of the molecule is CCCCOc1ccc([C@H]2c3c(-c4ccc(C)cc4)nn(C)c3C(=O)N2CCc2ccccc2)cc1. The van der Waals surface area contributed by atoms with Gasteiger partial charge in [-0.2, -0.15) is 5.10 Å². The lowest BCUT2D eigenvalue weighted by molar-refractivity contribution is 0.0742. The number of aromatic nitrogens is 2. The summed E-state index contributed by atoms with van der Waals surface area (Å²) in [6, 6.07) is 26.7. The highest BCUT2D eigenvalue weighted by molar-refractivity contribution is 6.00. The molecule has 1 aliphatic rings. The zero-order chi connectivity index (χ0) is 25.1. The normalized spacial score (nSPS) is 14.8. The van der Waals surface area contributed by atoms with Crippen molar-refractivity contribution in [1.82, 2.24) is 14.7 Å². The van der Waals surface area contributed by atoms with Gasteiger partial charge in [-0.15, -0.1) is 0 Å². The predicted octanol–water partition coefficient (Wildman–Crippen LogP) is 6.36. The molecule has 184 valence electrons. The van der Waals surface area contributed by atoms with Crippen LogP contribution < -0.4 is 4.74 Å². The first kappa shape index (κ1) is 23.9. The van der Waals surface area contributed by atoms with E-state index in [-0.39, 0.29) is 11.9 Å². The fourth-order valence-corrected chi connectivity index (χ4v) is 4.94. The van der Waals surface area contributed by atoms with Crippen LogP contribution in [0.25, 0.3) is 11.3 Å². The summed E-state index contributed by atoms with van der Waals surface area (Å²) in [6.45, 7) is 5.58. The van der Waals surface area contributed by atoms with E-state index < -0.39 is 0 Å². The third-order valence-electron chi connectivity index (χ3n) is 6.90. The summed E-state index contributed by atoms with van der Waals surface area (Å²) in [4.78, 5) is 15.8. The molecule has 0 N–H and O–H groups in total. The molecule has 3 aromatic carbocycles. The van der Waals surface area contributed by atoms with Crippen molar-refractivity contribution in [3.63, 3.8) is 0 Å². The Kier molecular flexibility index (Phi) is 6.90. The Bertz CT molecular complexity index is 1330. The second-order valence-corrected chi connectivity index (χ2v) is 9.51. The van der Waals surface area contributed by atoms with Gasteiger partial charge in [-0.1, -0.05) is 85.6 Å². The third kappa shape index (κ3) is 4.66. The van der Waals surface area contributed by atoms with Crippen molar-refractivity contribution in [3.05, 3.63) is 107 Å². The average molecular weight is 480 g/mol. The molecule has 5 heteroatoms. The summed E-state index contributed by atoms with van der Waals surface area (Å²) in [5.74, 6) is 0.889. The monoisotopic (exact) mass is 479 g/mol. The molecule has 0 spiro atoms. The van der Waals surface area contributed by atoms with Gasteiger partial charge < -0.3 is 9.64 Å². The van der Waals surface area contributed by atoms with E-state index in [1.165, 1.54) is 11.1 Å². The van der Waals surface area contributed by atoms with E-state index in [2.05, 4.69) is 62.4 Å². The fourth-order valence-electron chi connectivity index (χ4n) is 4.94. The largest absolute Gasteiger partial charge is 0.494 e. The van der Waals surface area contributed by atoms with Crippen LogP contribution in [0.4, 0.5) is 0 Å². The molecule has 0 saturated carbocycles. The minimum absolute atomic E-state index is 0.0302. The van der Waals surface area contributed by atoms with Crippen molar-refractivity contribution in [2.24, 2.45) is 7.05 Å². The van der Waals surface area contributed by atoms with Crippen LogP contribution in [0.2, 0.25) is 0 Å². The molecule has 1 amide bonds. The number of amides is 1. The van der Waals surface area contributed by atoms with E-state index in [1.54, 1.807) is 4.68 Å². The van der Waals surface area contributed by atoms with E-state index in [9.17, 15) is 4.79 Å². The quantitative estimate of drug-likeness (QED) is 0.262. The van der Waals surface area contributed by atoms with Crippen LogP contribution >= 0.6 is 0 Å². The van der Waals surface area contributed by atoms with Crippen LogP contribution in [0, 0.1) is 6.92 Å². The zero-order valence-electron chi connectivity index (χ0n) is 21.3. The van der Waals surface area contributed by atoms with Gasteiger partial charge in [0.15, 0.2) is 0 Å². The lowest BCUT2D eigenvalue weighted by Crippen LogP contribution is -2.32. The smallest absolute Gasteiger partial charge is 0.273 e. The molecular weight excluding hydrogens is 446 g/mol. The summed E-state index contributed by atoms with van der Waals surface area (Å²) >= 11 is 0. The van der Waals surface area contributed by atoms with Crippen molar-refractivity contribution in [1.29, 1.82) is 0 Å². The van der Waals surface area contributed by atoms with Gasteiger partial charge in [-0.3, -0.25) is 9.48 Å². The van der Waals surface area contributed by atoms with E-state index >= 15 is 0 Å². The fraction of sp³-hybridized carbons (Fsp3) is 0.290. The zero-order valence-corrected chi connectivity index (χ0v) is 21.3. The number of carbonyl (C=O) groups is 1. The number of fused-ring (bicyclic) bond motifs is 1. The van der Waals surface area contributed by atoms with Gasteiger partial charge in [-0.25, -0.2) is 0 Å². The predicted molar refractivity (Wildman–Crippen MR) is 143 cm³/mol. The first-order valence-electron chi connectivity index (χ1n) is 12.8. The van der Waals surface area contributed by atoms with Crippen molar-refractivity contribution in [2.75, 3.05) is 13.2 Å². The molecule has 2 heterocycles. The Balaban J connectivity index is 1.54. The van der Waals surface area contributed by atoms with Crippen LogP contribution in [0.5, 0.6) is 5.75 Å². The van der Waals surface area contributed by atoms with Gasteiger partial charge >= 0.3 is 0 Å². The van der Waals surface area contributed by atoms with Gasteiger partial charge in [0, 0.05) is 24.7 Å². The molecule has 0 unspecified atom stereocenters. The molecule has 0 saturated heterocycles. The maximum Gasteiger partial charge on any atom is 0.273 e. The topological polar surface area (TPSA) is 47.4 Å². The van der Waals surface area contributed by atoms with E-state index in [0.717, 1.165) is 47.4 Å². The summed E-state index contributed by atoms with van der Waals surface area (Å²) < 4.78 is 7.65. The van der Waals surface area contributed by atoms with Crippen molar-refractivity contribution in [2.45, 2.75) is 39.2 Å². The highest BCUT2D eigenvalue weighted by atomic mass is 16.5. The van der Waals surface area contributed by atoms with E-state index in [1.807, 2.05) is 42.3 Å². The summed E-state index contributed by atoms with van der Waals surface area (Å²) in [7, 11) is 1.87. The molecule has 1 atom stereocenters. The maximum atomic E-state index is 13.8. The number of carbonyl (C=O) groups excluding carboxylic acids is 1. The molecule has 1 aliphatic heterocycles. The molecule has 0 aliphatic carbocycles. The molecule has 5 nitrogen and oxygen atoms in total. The van der Waals surface area contributed by atoms with Crippen LogP contribution in [0.1, 0.15) is 58.5 Å². The van der Waals surface area contributed by atoms with Crippen molar-refractivity contribution in [3.8, 4) is 17.0 Å². The standard InChI is InChI=1S/C31H33N3O2/c1-4-5-21-36-26-17-15-25(16-18-26)29-27-28(24-13-11-22(2)12-14-24)32-33(3)30(27)31(35)34(29)20-19-23-9-7-6-8-10-23/h6-18,29H,4-5,19-21H2,1-3H3/t29-/m0/s1. The number of aryl methyl sites for hydroxylation is 2. The highest BCUT2D eigenvalue weighted by Gasteiger charge is 2.43. The molecule has 0 bridgehead atoms. The first-order chi connectivity index (χ1) is 17.6. The second kappa shape index (κ2) is 10.4. The molecule has 5 rings (SSSR count). The summed E-state index contributed by atoms with van der Waals surface area (Å²) in [5.41, 5.74) is 7.04. The van der Waals surface area contributed by atoms with Crippen LogP contribution in [-0.4, -0.2) is 33.7 Å². The summed E-state index contributed by atoms with van der Waals surface area (Å²) in [5, 5.41) is 4.82. The second-order valence-electron chi connectivity index (χ2n) is 9.51. The highest BCUT2D eigenvalue weighted by Crippen LogP contribution is 2.44. The van der Waals surface area contributed by atoms with Gasteiger partial charge in [0.05, 0.1) is 18.3 Å². The Morgan fingerprint density at radius 1 is 0.944 bits per heavy atom. The Morgan fingerprint density at radius 3 is 2.36 bits per heavy atom. The number of rotatable bonds is 9. The van der Waals surface area contributed by atoms with Crippen molar-refractivity contribution >= 4 is 5.91 Å². The lowest BCUT2D eigenvalue weighted by Gasteiger charge is -2.27. The van der Waals surface area contributed by atoms with E-state index in [4.69, 9.17) is 9.84 Å². The number of benzene rings is 3. The van der Waals surface area contributed by atoms with Gasteiger partial charge in [0.2, 0.25) is 0 Å². The molecule has 36 heavy (non-hydrogen) atoms. The molecule has 4 aromatic rings. The van der Waals surface area contributed by atoms with Crippen LogP contribution in [-0.2, 0) is 13.5 Å². The van der Waals surface area contributed by atoms with Gasteiger partial charge in [-0.05, 0) is 43.0 Å². The minimum Gasteiger partial charge on any atom is -0.494 e. The van der Waals surface area contributed by atoms with E-state index in [0.29, 0.717) is 18.8 Å². The first-order valence-corrected chi connectivity index (χ1v) is 12.8.